The molecule has 0 aromatic heterocycles. The molecule has 1 N–H and O–H groups in total. The molecule has 3 rings (SSSR count). The molecular weight excluding hydrogens is 418 g/mol. The van der Waals surface area contributed by atoms with Crippen molar-refractivity contribution in [2.45, 2.75) is 19.4 Å². The quantitative estimate of drug-likeness (QED) is 0.684. The van der Waals surface area contributed by atoms with Crippen molar-refractivity contribution < 1.29 is 19.1 Å². The standard InChI is InChI=1S/C23H28ClN3O4/c1-23(2,31-18-8-6-17(24)7-9-18)22(29)25-19-15-16(21(28)30-4)5-10-20(19)27-13-11-26(3)12-14-27/h5-10,15H,11-14H2,1-4H3,(H,25,29). The second kappa shape index (κ2) is 9.58. The monoisotopic (exact) mass is 445 g/mol. The van der Waals surface area contributed by atoms with Crippen LogP contribution in [-0.4, -0.2) is 62.7 Å². The fraction of sp³-hybridized carbons (Fsp3) is 0.391. The minimum absolute atomic E-state index is 0.333. The molecule has 2 aromatic carbocycles. The molecular formula is C23H28ClN3O4. The van der Waals surface area contributed by atoms with Crippen molar-refractivity contribution in [2.75, 3.05) is 50.6 Å². The van der Waals surface area contributed by atoms with Crippen LogP contribution in [0.4, 0.5) is 11.4 Å². The number of nitrogens with zero attached hydrogens (tertiary/aromatic N) is 2. The minimum atomic E-state index is -1.16. The summed E-state index contributed by atoms with van der Waals surface area (Å²) in [5.41, 5.74) is 0.614. The first-order valence-corrected chi connectivity index (χ1v) is 10.5. The van der Waals surface area contributed by atoms with Gasteiger partial charge in [-0.1, -0.05) is 11.6 Å². The number of benzene rings is 2. The Morgan fingerprint density at radius 2 is 1.68 bits per heavy atom. The number of hydrogen-bond donors (Lipinski definition) is 1. The van der Waals surface area contributed by atoms with E-state index in [2.05, 4.69) is 22.2 Å². The Labute approximate surface area is 187 Å². The van der Waals surface area contributed by atoms with Gasteiger partial charge in [-0.25, -0.2) is 4.79 Å². The summed E-state index contributed by atoms with van der Waals surface area (Å²) in [5, 5.41) is 3.55. The molecule has 166 valence electrons. The Hall–Kier alpha value is -2.77. The highest BCUT2D eigenvalue weighted by Gasteiger charge is 2.31. The van der Waals surface area contributed by atoms with E-state index in [9.17, 15) is 9.59 Å². The Morgan fingerprint density at radius 3 is 2.29 bits per heavy atom. The zero-order chi connectivity index (χ0) is 22.6. The lowest BCUT2D eigenvalue weighted by atomic mass is 10.1. The van der Waals surface area contributed by atoms with E-state index >= 15 is 0 Å². The Bertz CT molecular complexity index is 938. The van der Waals surface area contributed by atoms with Gasteiger partial charge in [0.05, 0.1) is 24.0 Å². The predicted octanol–water partition coefficient (Wildman–Crippen LogP) is 3.67. The Morgan fingerprint density at radius 1 is 1.03 bits per heavy atom. The number of methoxy groups -OCH3 is 1. The number of anilines is 2. The molecule has 8 heteroatoms. The van der Waals surface area contributed by atoms with E-state index in [0.717, 1.165) is 31.9 Å². The van der Waals surface area contributed by atoms with Gasteiger partial charge in [-0.3, -0.25) is 4.79 Å². The third-order valence-electron chi connectivity index (χ3n) is 5.24. The maximum atomic E-state index is 13.1. The van der Waals surface area contributed by atoms with Gasteiger partial charge >= 0.3 is 5.97 Å². The molecule has 2 aromatic rings. The number of rotatable bonds is 6. The van der Waals surface area contributed by atoms with Gasteiger partial charge in [-0.15, -0.1) is 0 Å². The third kappa shape index (κ3) is 5.68. The summed E-state index contributed by atoms with van der Waals surface area (Å²) >= 11 is 5.93. The molecule has 1 fully saturated rings. The topological polar surface area (TPSA) is 71.1 Å². The normalized spacial score (nSPS) is 14.8. The molecule has 1 aliphatic rings. The van der Waals surface area contributed by atoms with Crippen LogP contribution in [0.1, 0.15) is 24.2 Å². The first-order chi connectivity index (χ1) is 14.7. The molecule has 0 spiro atoms. The lowest BCUT2D eigenvalue weighted by molar-refractivity contribution is -0.128. The van der Waals surface area contributed by atoms with E-state index in [1.807, 2.05) is 6.07 Å². The van der Waals surface area contributed by atoms with Crippen molar-refractivity contribution >= 4 is 34.9 Å². The van der Waals surface area contributed by atoms with Gasteiger partial charge in [0.2, 0.25) is 0 Å². The molecule has 0 unspecified atom stereocenters. The highest BCUT2D eigenvalue weighted by Crippen LogP contribution is 2.30. The summed E-state index contributed by atoms with van der Waals surface area (Å²) < 4.78 is 10.8. The van der Waals surface area contributed by atoms with Crippen molar-refractivity contribution in [1.82, 2.24) is 4.90 Å². The number of likely N-dealkylation sites (N-methyl/N-ethyl adjacent to an activating group) is 1. The molecule has 31 heavy (non-hydrogen) atoms. The van der Waals surface area contributed by atoms with Crippen LogP contribution < -0.4 is 15.0 Å². The molecule has 0 atom stereocenters. The fourth-order valence-corrected chi connectivity index (χ4v) is 3.45. The minimum Gasteiger partial charge on any atom is -0.478 e. The molecule has 1 aliphatic heterocycles. The van der Waals surface area contributed by atoms with Crippen molar-refractivity contribution in [3.8, 4) is 5.75 Å². The average molecular weight is 446 g/mol. The number of esters is 1. The van der Waals surface area contributed by atoms with Gasteiger partial charge in [-0.05, 0) is 63.4 Å². The lowest BCUT2D eigenvalue weighted by Gasteiger charge is -2.35. The highest BCUT2D eigenvalue weighted by molar-refractivity contribution is 6.30. The summed E-state index contributed by atoms with van der Waals surface area (Å²) in [6.07, 6.45) is 0. The smallest absolute Gasteiger partial charge is 0.337 e. The van der Waals surface area contributed by atoms with E-state index in [-0.39, 0.29) is 5.91 Å². The Kier molecular flexibility index (Phi) is 7.08. The maximum Gasteiger partial charge on any atom is 0.337 e. The first-order valence-electron chi connectivity index (χ1n) is 10.1. The van der Waals surface area contributed by atoms with Crippen LogP contribution in [-0.2, 0) is 9.53 Å². The third-order valence-corrected chi connectivity index (χ3v) is 5.50. The number of hydrogen-bond acceptors (Lipinski definition) is 6. The van der Waals surface area contributed by atoms with Gasteiger partial charge in [0.25, 0.3) is 5.91 Å². The van der Waals surface area contributed by atoms with E-state index in [4.69, 9.17) is 21.1 Å². The van der Waals surface area contributed by atoms with Crippen molar-refractivity contribution in [1.29, 1.82) is 0 Å². The molecule has 0 saturated carbocycles. The zero-order valence-corrected chi connectivity index (χ0v) is 19.0. The molecule has 0 radical (unpaired) electrons. The number of piperazine rings is 1. The maximum absolute atomic E-state index is 13.1. The molecule has 1 heterocycles. The SMILES string of the molecule is COC(=O)c1ccc(N2CCN(C)CC2)c(NC(=O)C(C)(C)Oc2ccc(Cl)cc2)c1. The molecule has 0 aliphatic carbocycles. The van der Waals surface area contributed by atoms with Crippen LogP contribution in [0.2, 0.25) is 5.02 Å². The summed E-state index contributed by atoms with van der Waals surface area (Å²) in [4.78, 5) is 29.6. The van der Waals surface area contributed by atoms with Crippen LogP contribution >= 0.6 is 11.6 Å². The Balaban J connectivity index is 1.85. The van der Waals surface area contributed by atoms with Crippen LogP contribution in [0.25, 0.3) is 0 Å². The molecule has 1 saturated heterocycles. The predicted molar refractivity (Wildman–Crippen MR) is 122 cm³/mol. The summed E-state index contributed by atoms with van der Waals surface area (Å²) in [5.74, 6) is -0.260. The van der Waals surface area contributed by atoms with Gasteiger partial charge in [-0.2, -0.15) is 0 Å². The number of amides is 1. The molecule has 1 amide bonds. The van der Waals surface area contributed by atoms with E-state index in [1.165, 1.54) is 7.11 Å². The molecule has 0 bridgehead atoms. The first kappa shape index (κ1) is 22.9. The van der Waals surface area contributed by atoms with Crippen LogP contribution in [0, 0.1) is 0 Å². The fourth-order valence-electron chi connectivity index (χ4n) is 3.32. The largest absolute Gasteiger partial charge is 0.478 e. The van der Waals surface area contributed by atoms with Gasteiger partial charge < -0.3 is 24.6 Å². The summed E-state index contributed by atoms with van der Waals surface area (Å²) in [7, 11) is 3.41. The number of nitrogens with one attached hydrogen (secondary N) is 1. The van der Waals surface area contributed by atoms with E-state index in [1.54, 1.807) is 50.2 Å². The molecule has 7 nitrogen and oxygen atoms in total. The number of ether oxygens (including phenoxy) is 2. The van der Waals surface area contributed by atoms with E-state index < -0.39 is 11.6 Å². The van der Waals surface area contributed by atoms with Gasteiger partial charge in [0.1, 0.15) is 5.75 Å². The summed E-state index contributed by atoms with van der Waals surface area (Å²) in [6.45, 7) is 6.85. The van der Waals surface area contributed by atoms with Crippen molar-refractivity contribution in [2.24, 2.45) is 0 Å². The van der Waals surface area contributed by atoms with Crippen molar-refractivity contribution in [3.63, 3.8) is 0 Å². The van der Waals surface area contributed by atoms with Gasteiger partial charge in [0, 0.05) is 31.2 Å². The van der Waals surface area contributed by atoms with E-state index in [0.29, 0.717) is 22.0 Å². The van der Waals surface area contributed by atoms with Crippen LogP contribution in [0.3, 0.4) is 0 Å². The zero-order valence-electron chi connectivity index (χ0n) is 18.3. The lowest BCUT2D eigenvalue weighted by Crippen LogP contribution is -2.45. The van der Waals surface area contributed by atoms with Crippen molar-refractivity contribution in [3.05, 3.63) is 53.1 Å². The summed E-state index contributed by atoms with van der Waals surface area (Å²) in [6, 6.07) is 12.0. The van der Waals surface area contributed by atoms with Crippen LogP contribution in [0.15, 0.2) is 42.5 Å². The second-order valence-electron chi connectivity index (χ2n) is 8.03. The number of carbonyl (C=O) groups excluding carboxylic acids is 2. The van der Waals surface area contributed by atoms with Crippen LogP contribution in [0.5, 0.6) is 5.75 Å². The highest BCUT2D eigenvalue weighted by atomic mass is 35.5. The number of halogens is 1. The second-order valence-corrected chi connectivity index (χ2v) is 8.47. The van der Waals surface area contributed by atoms with Gasteiger partial charge in [0.15, 0.2) is 5.60 Å². The average Bonchev–Trinajstić information content (AvgIpc) is 2.75. The number of carbonyl (C=O) groups is 2.